The van der Waals surface area contributed by atoms with Gasteiger partial charge in [0.25, 0.3) is 0 Å². The highest BCUT2D eigenvalue weighted by atomic mass is 16.2. The van der Waals surface area contributed by atoms with Crippen LogP contribution in [0, 0.1) is 16.7 Å². The van der Waals surface area contributed by atoms with Gasteiger partial charge in [0.15, 0.2) is 0 Å². The van der Waals surface area contributed by atoms with E-state index in [0.717, 1.165) is 4.90 Å². The fraction of sp³-hybridized carbons (Fsp3) is 0.667. The second-order valence-electron chi connectivity index (χ2n) is 4.11. The summed E-state index contributed by atoms with van der Waals surface area (Å²) in [6.07, 6.45) is 0.198. The van der Waals surface area contributed by atoms with Crippen LogP contribution in [-0.4, -0.2) is 29.3 Å². The molecule has 0 radical (unpaired) electrons. The highest BCUT2D eigenvalue weighted by Crippen LogP contribution is 2.31. The molecule has 0 aliphatic carbocycles. The minimum absolute atomic E-state index is 0.00238. The van der Waals surface area contributed by atoms with Crippen LogP contribution >= 0.6 is 0 Å². The van der Waals surface area contributed by atoms with Crippen LogP contribution in [0.25, 0.3) is 0 Å². The summed E-state index contributed by atoms with van der Waals surface area (Å²) in [6, 6.07) is 0.997. The van der Waals surface area contributed by atoms with Crippen molar-refractivity contribution in [1.82, 2.24) is 4.90 Å². The lowest BCUT2D eigenvalue weighted by Gasteiger charge is -2.18. The molecule has 1 saturated heterocycles. The molecule has 0 aromatic heterocycles. The van der Waals surface area contributed by atoms with Gasteiger partial charge >= 0.3 is 0 Å². The van der Waals surface area contributed by atoms with Crippen molar-refractivity contribution in [1.29, 1.82) is 5.26 Å². The zero-order valence-electron chi connectivity index (χ0n) is 8.28. The molecule has 2 N–H and O–H groups in total. The van der Waals surface area contributed by atoms with E-state index in [9.17, 15) is 9.59 Å². The predicted molar refractivity (Wildman–Crippen MR) is 48.7 cm³/mol. The fourth-order valence-corrected chi connectivity index (χ4v) is 1.45. The second-order valence-corrected chi connectivity index (χ2v) is 4.11. The monoisotopic (exact) mass is 195 g/mol. The molecule has 0 aromatic rings. The van der Waals surface area contributed by atoms with E-state index in [-0.39, 0.29) is 24.8 Å². The Hall–Kier alpha value is -1.41. The Morgan fingerprint density at radius 2 is 2.21 bits per heavy atom. The van der Waals surface area contributed by atoms with E-state index in [1.54, 1.807) is 19.9 Å². The Morgan fingerprint density at radius 1 is 1.64 bits per heavy atom. The van der Waals surface area contributed by atoms with Crippen LogP contribution in [-0.2, 0) is 9.59 Å². The topological polar surface area (TPSA) is 87.2 Å². The maximum Gasteiger partial charge on any atom is 0.235 e. The molecular formula is C9H13N3O2. The van der Waals surface area contributed by atoms with Crippen molar-refractivity contribution < 1.29 is 9.59 Å². The lowest BCUT2D eigenvalue weighted by atomic mass is 9.92. The van der Waals surface area contributed by atoms with Crippen molar-refractivity contribution in [2.24, 2.45) is 11.1 Å². The van der Waals surface area contributed by atoms with Gasteiger partial charge < -0.3 is 5.73 Å². The van der Waals surface area contributed by atoms with Gasteiger partial charge in [0.2, 0.25) is 11.8 Å². The van der Waals surface area contributed by atoms with Gasteiger partial charge in [-0.05, 0) is 0 Å². The van der Waals surface area contributed by atoms with E-state index in [1.165, 1.54) is 0 Å². The molecule has 14 heavy (non-hydrogen) atoms. The lowest BCUT2D eigenvalue weighted by molar-refractivity contribution is -0.140. The minimum Gasteiger partial charge on any atom is -0.314 e. The second kappa shape index (κ2) is 3.39. The lowest BCUT2D eigenvalue weighted by Crippen LogP contribution is -2.41. The molecule has 2 amide bonds. The molecule has 5 nitrogen and oxygen atoms in total. The van der Waals surface area contributed by atoms with Gasteiger partial charge in [-0.25, -0.2) is 0 Å². The first-order valence-electron chi connectivity index (χ1n) is 4.38. The summed E-state index contributed by atoms with van der Waals surface area (Å²) in [5, 5.41) is 8.47. The fourth-order valence-electron chi connectivity index (χ4n) is 1.45. The first kappa shape index (κ1) is 10.7. The molecule has 0 saturated carbocycles. The van der Waals surface area contributed by atoms with Crippen LogP contribution in [0.1, 0.15) is 20.3 Å². The average Bonchev–Trinajstić information content (AvgIpc) is 2.28. The Balaban J connectivity index is 2.77. The molecule has 76 valence electrons. The molecule has 0 aromatic carbocycles. The quantitative estimate of drug-likeness (QED) is 0.608. The van der Waals surface area contributed by atoms with E-state index in [4.69, 9.17) is 11.0 Å². The zero-order chi connectivity index (χ0) is 10.9. The molecule has 0 bridgehead atoms. The largest absolute Gasteiger partial charge is 0.314 e. The highest BCUT2D eigenvalue weighted by Gasteiger charge is 2.44. The molecule has 1 rings (SSSR count). The molecule has 1 fully saturated rings. The first-order valence-corrected chi connectivity index (χ1v) is 4.38. The molecular weight excluding hydrogens is 182 g/mol. The van der Waals surface area contributed by atoms with E-state index >= 15 is 0 Å². The number of hydrogen-bond acceptors (Lipinski definition) is 4. The predicted octanol–water partition coefficient (Wildman–Crippen LogP) is -0.378. The number of amides is 2. The van der Waals surface area contributed by atoms with Crippen LogP contribution in [0.2, 0.25) is 0 Å². The molecule has 1 atom stereocenters. The number of rotatable bonds is 2. The SMILES string of the molecule is CC1(C)CC(=O)N(CC(N)C#N)C1=O. The number of hydrogen-bond donors (Lipinski definition) is 1. The summed E-state index contributed by atoms with van der Waals surface area (Å²) < 4.78 is 0. The van der Waals surface area contributed by atoms with Crippen molar-refractivity contribution in [2.75, 3.05) is 6.54 Å². The van der Waals surface area contributed by atoms with Crippen molar-refractivity contribution in [3.63, 3.8) is 0 Å². The Kier molecular flexibility index (Phi) is 2.58. The number of carbonyl (C=O) groups excluding carboxylic acids is 2. The van der Waals surface area contributed by atoms with Gasteiger partial charge in [-0.15, -0.1) is 0 Å². The van der Waals surface area contributed by atoms with Crippen molar-refractivity contribution >= 4 is 11.8 Å². The molecule has 1 heterocycles. The summed E-state index contributed by atoms with van der Waals surface area (Å²) in [6.45, 7) is 3.42. The summed E-state index contributed by atoms with van der Waals surface area (Å²) in [5.41, 5.74) is 4.71. The van der Waals surface area contributed by atoms with Crippen LogP contribution in [0.4, 0.5) is 0 Å². The van der Waals surface area contributed by atoms with Gasteiger partial charge in [-0.2, -0.15) is 5.26 Å². The third-order valence-electron chi connectivity index (χ3n) is 2.26. The summed E-state index contributed by atoms with van der Waals surface area (Å²) in [7, 11) is 0. The molecule has 1 aliphatic heterocycles. The van der Waals surface area contributed by atoms with Gasteiger partial charge in [-0.3, -0.25) is 14.5 Å². The molecule has 5 heteroatoms. The first-order chi connectivity index (χ1) is 6.38. The Morgan fingerprint density at radius 3 is 2.57 bits per heavy atom. The standard InChI is InChI=1S/C9H13N3O2/c1-9(2)3-7(13)12(8(9)14)5-6(11)4-10/h6H,3,5,11H2,1-2H3. The normalized spacial score (nSPS) is 22.3. The summed E-state index contributed by atoms with van der Waals surface area (Å²) in [4.78, 5) is 24.1. The van der Waals surface area contributed by atoms with Crippen LogP contribution in [0.5, 0.6) is 0 Å². The van der Waals surface area contributed by atoms with Gasteiger partial charge in [0.05, 0.1) is 18.0 Å². The number of imide groups is 1. The van der Waals surface area contributed by atoms with Crippen LogP contribution in [0.15, 0.2) is 0 Å². The number of nitriles is 1. The number of nitrogens with zero attached hydrogens (tertiary/aromatic N) is 2. The van der Waals surface area contributed by atoms with E-state index in [2.05, 4.69) is 0 Å². The average molecular weight is 195 g/mol. The van der Waals surface area contributed by atoms with E-state index in [1.807, 2.05) is 0 Å². The van der Waals surface area contributed by atoms with Crippen LogP contribution < -0.4 is 5.73 Å². The summed E-state index contributed by atoms with van der Waals surface area (Å²) >= 11 is 0. The van der Waals surface area contributed by atoms with Crippen molar-refractivity contribution in [2.45, 2.75) is 26.3 Å². The smallest absolute Gasteiger partial charge is 0.235 e. The van der Waals surface area contributed by atoms with Crippen molar-refractivity contribution in [3.8, 4) is 6.07 Å². The van der Waals surface area contributed by atoms with Crippen LogP contribution in [0.3, 0.4) is 0 Å². The van der Waals surface area contributed by atoms with Crippen molar-refractivity contribution in [3.05, 3.63) is 0 Å². The number of nitrogens with two attached hydrogens (primary N) is 1. The zero-order valence-corrected chi connectivity index (χ0v) is 8.28. The van der Waals surface area contributed by atoms with E-state index < -0.39 is 11.5 Å². The highest BCUT2D eigenvalue weighted by molar-refractivity contribution is 6.05. The third kappa shape index (κ3) is 1.75. The van der Waals surface area contributed by atoms with Gasteiger partial charge in [0.1, 0.15) is 6.04 Å². The van der Waals surface area contributed by atoms with Gasteiger partial charge in [-0.1, -0.05) is 13.8 Å². The number of likely N-dealkylation sites (tertiary alicyclic amines) is 1. The molecule has 0 spiro atoms. The minimum atomic E-state index is -0.795. The summed E-state index contributed by atoms with van der Waals surface area (Å²) in [5.74, 6) is -0.487. The maximum atomic E-state index is 11.6. The Bertz CT molecular complexity index is 317. The number of carbonyl (C=O) groups is 2. The van der Waals surface area contributed by atoms with Gasteiger partial charge in [0, 0.05) is 6.42 Å². The Labute approximate surface area is 82.5 Å². The van der Waals surface area contributed by atoms with E-state index in [0.29, 0.717) is 0 Å². The maximum absolute atomic E-state index is 11.6. The molecule has 1 unspecified atom stereocenters. The third-order valence-corrected chi connectivity index (χ3v) is 2.26. The molecule has 1 aliphatic rings.